The number of carboxylic acid groups (broad SMARTS) is 4. The molecule has 236 valence electrons. The maximum Gasteiger partial charge on any atom is 0.335 e. The molecule has 1 aromatic carbocycles. The summed E-state index contributed by atoms with van der Waals surface area (Å²) in [6.07, 6.45) is 1.20. The van der Waals surface area contributed by atoms with Gasteiger partial charge in [-0.1, -0.05) is 0 Å². The van der Waals surface area contributed by atoms with E-state index in [4.69, 9.17) is 16.1 Å². The molecule has 17 heteroatoms. The average molecular weight is 611 g/mol. The van der Waals surface area contributed by atoms with E-state index >= 15 is 0 Å². The van der Waals surface area contributed by atoms with Crippen LogP contribution in [0, 0.1) is 0 Å². The molecular weight excluding hydrogens is 575 g/mol. The van der Waals surface area contributed by atoms with Crippen molar-refractivity contribution in [2.75, 3.05) is 18.2 Å². The van der Waals surface area contributed by atoms with Gasteiger partial charge in [-0.25, -0.2) is 25.0 Å². The van der Waals surface area contributed by atoms with E-state index in [1.807, 2.05) is 5.32 Å². The fourth-order valence-corrected chi connectivity index (χ4v) is 3.60. The average Bonchev–Trinajstić information content (AvgIpc) is 2.95. The van der Waals surface area contributed by atoms with Gasteiger partial charge in [0.05, 0.1) is 23.6 Å². The number of aromatic carboxylic acids is 1. The van der Waals surface area contributed by atoms with Crippen LogP contribution in [0.1, 0.15) is 65.7 Å². The van der Waals surface area contributed by atoms with Gasteiger partial charge < -0.3 is 36.4 Å². The summed E-state index contributed by atoms with van der Waals surface area (Å²) in [7, 11) is 0. The number of urea groups is 1. The number of nitrogens with two attached hydrogens (primary N) is 1. The van der Waals surface area contributed by atoms with E-state index in [1.54, 1.807) is 0 Å². The molecule has 3 amide bonds. The van der Waals surface area contributed by atoms with E-state index < -0.39 is 67.4 Å². The molecule has 0 saturated carbocycles. The summed E-state index contributed by atoms with van der Waals surface area (Å²) < 4.78 is 12.5. The number of hydrazine groups is 1. The summed E-state index contributed by atoms with van der Waals surface area (Å²) in [5.74, 6) is -0.113. The number of hydrogen-bond donors (Lipinski definition) is 8. The second-order valence-electron chi connectivity index (χ2n) is 9.14. The molecule has 0 bridgehead atoms. The van der Waals surface area contributed by atoms with Crippen molar-refractivity contribution in [2.45, 2.75) is 57.0 Å². The summed E-state index contributed by atoms with van der Waals surface area (Å²) in [6.45, 7) is 2.86. The molecule has 0 radical (unpaired) electrons. The highest BCUT2D eigenvalue weighted by atomic mass is 19.1. The standard InChI is InChI=1S/C26H35FN6O10/c1-29-17(5-4-9-27)14-33(28)18-12-15(11-16(13-18)23(37)38)22(36)30-10-3-2-6-19(24(39)40)31-26(43)32-20(25(41)42)7-8-21(34)35/h11-14,19-20H,1-10,28H2,(H,30,36)(H,34,35)(H,37,38)(H,39,40)(H,41,42)(H2,31,32,43)/b17-14-/t19-,20-/m0/s1. The van der Waals surface area contributed by atoms with Crippen LogP contribution in [0.15, 0.2) is 35.1 Å². The zero-order valence-electron chi connectivity index (χ0n) is 23.1. The Morgan fingerprint density at radius 1 is 0.907 bits per heavy atom. The number of anilines is 1. The fourth-order valence-electron chi connectivity index (χ4n) is 3.60. The molecule has 0 aliphatic rings. The van der Waals surface area contributed by atoms with Gasteiger partial charge >= 0.3 is 29.9 Å². The van der Waals surface area contributed by atoms with E-state index in [2.05, 4.69) is 22.3 Å². The van der Waals surface area contributed by atoms with Gasteiger partial charge in [0.25, 0.3) is 5.91 Å². The van der Waals surface area contributed by atoms with Crippen LogP contribution < -0.4 is 26.8 Å². The second-order valence-corrected chi connectivity index (χ2v) is 9.14. The first-order chi connectivity index (χ1) is 20.3. The summed E-state index contributed by atoms with van der Waals surface area (Å²) in [6, 6.07) is -0.343. The number of carbonyl (C=O) groups excluding carboxylic acids is 2. The molecule has 0 aliphatic carbocycles. The maximum atomic E-state index is 12.7. The Morgan fingerprint density at radius 3 is 2.05 bits per heavy atom. The minimum Gasteiger partial charge on any atom is -0.481 e. The van der Waals surface area contributed by atoms with E-state index in [-0.39, 0.29) is 55.5 Å². The summed E-state index contributed by atoms with van der Waals surface area (Å²) >= 11 is 0. The third-order valence-corrected chi connectivity index (χ3v) is 5.84. The van der Waals surface area contributed by atoms with Crippen LogP contribution >= 0.6 is 0 Å². The first kappa shape index (κ1) is 36.0. The largest absolute Gasteiger partial charge is 0.481 e. The van der Waals surface area contributed by atoms with Crippen molar-refractivity contribution in [2.24, 2.45) is 10.8 Å². The molecule has 9 N–H and O–H groups in total. The lowest BCUT2D eigenvalue weighted by atomic mass is 10.1. The highest BCUT2D eigenvalue weighted by molar-refractivity contribution is 5.99. The zero-order chi connectivity index (χ0) is 32.5. The minimum atomic E-state index is -1.54. The Bertz CT molecular complexity index is 1220. The van der Waals surface area contributed by atoms with Gasteiger partial charge in [0.1, 0.15) is 12.1 Å². The molecular formula is C26H35FN6O10. The van der Waals surface area contributed by atoms with Gasteiger partial charge in [-0.2, -0.15) is 0 Å². The van der Waals surface area contributed by atoms with Crippen molar-refractivity contribution in [1.82, 2.24) is 16.0 Å². The number of aliphatic carboxylic acids is 3. The molecule has 16 nitrogen and oxygen atoms in total. The van der Waals surface area contributed by atoms with Crippen molar-refractivity contribution in [3.63, 3.8) is 0 Å². The number of nitrogens with zero attached hydrogens (tertiary/aromatic N) is 2. The number of carbonyl (C=O) groups is 6. The Balaban J connectivity index is 2.76. The molecule has 0 aromatic heterocycles. The number of allylic oxidation sites excluding steroid dienone is 1. The number of nitrogens with one attached hydrogen (secondary N) is 3. The van der Waals surface area contributed by atoms with Crippen molar-refractivity contribution < 1.29 is 53.6 Å². The Morgan fingerprint density at radius 2 is 1.51 bits per heavy atom. The number of unbranched alkanes of at least 4 members (excludes halogenated alkanes) is 1. The maximum absolute atomic E-state index is 12.7. The van der Waals surface area contributed by atoms with Gasteiger partial charge in [0, 0.05) is 24.7 Å². The van der Waals surface area contributed by atoms with Gasteiger partial charge in [-0.05, 0) is 63.4 Å². The van der Waals surface area contributed by atoms with Crippen molar-refractivity contribution in [3.05, 3.63) is 41.2 Å². The Labute approximate surface area is 245 Å². The van der Waals surface area contributed by atoms with Gasteiger partial charge in [-0.15, -0.1) is 0 Å². The number of aliphatic imine (C=N–C) groups is 1. The van der Waals surface area contributed by atoms with Crippen molar-refractivity contribution in [1.29, 1.82) is 0 Å². The molecule has 0 unspecified atom stereocenters. The van der Waals surface area contributed by atoms with E-state index in [0.717, 1.165) is 11.1 Å². The van der Waals surface area contributed by atoms with Crippen LogP contribution in [-0.4, -0.2) is 88.3 Å². The predicted molar refractivity (Wildman–Crippen MR) is 150 cm³/mol. The Hall–Kier alpha value is -5.06. The third-order valence-electron chi connectivity index (χ3n) is 5.84. The number of carboxylic acids is 4. The zero-order valence-corrected chi connectivity index (χ0v) is 23.1. The summed E-state index contributed by atoms with van der Waals surface area (Å²) in [4.78, 5) is 73.6. The number of amides is 3. The highest BCUT2D eigenvalue weighted by Gasteiger charge is 2.25. The monoisotopic (exact) mass is 610 g/mol. The first-order valence-corrected chi connectivity index (χ1v) is 13.0. The lowest BCUT2D eigenvalue weighted by Gasteiger charge is -2.18. The molecule has 0 heterocycles. The number of rotatable bonds is 20. The SMILES string of the molecule is C=N/C(=C\N(N)c1cc(C(=O)O)cc(C(=O)NCCCC[C@H](NC(=O)N[C@@H](CCC(=O)O)C(=O)O)C(=O)O)c1)CCCF. The molecule has 0 spiro atoms. The first-order valence-electron chi connectivity index (χ1n) is 13.0. The number of hydrogen-bond acceptors (Lipinski definition) is 9. The lowest BCUT2D eigenvalue weighted by molar-refractivity contribution is -0.140. The molecule has 1 rings (SSSR count). The molecule has 0 fully saturated rings. The van der Waals surface area contributed by atoms with E-state index in [9.17, 15) is 43.4 Å². The summed E-state index contributed by atoms with van der Waals surface area (Å²) in [5.41, 5.74) is 0.213. The third kappa shape index (κ3) is 13.4. The lowest BCUT2D eigenvalue weighted by Crippen LogP contribution is -2.51. The van der Waals surface area contributed by atoms with Crippen LogP contribution in [0.4, 0.5) is 14.9 Å². The summed E-state index contributed by atoms with van der Waals surface area (Å²) in [5, 5.41) is 44.4. The van der Waals surface area contributed by atoms with Gasteiger partial charge in [0.15, 0.2) is 0 Å². The quantitative estimate of drug-likeness (QED) is 0.0450. The van der Waals surface area contributed by atoms with E-state index in [1.165, 1.54) is 18.3 Å². The van der Waals surface area contributed by atoms with Crippen LogP contribution in [0.5, 0.6) is 0 Å². The minimum absolute atomic E-state index is 0.0340. The number of halogens is 1. The molecule has 43 heavy (non-hydrogen) atoms. The van der Waals surface area contributed by atoms with Crippen LogP contribution in [0.3, 0.4) is 0 Å². The fraction of sp³-hybridized carbons (Fsp3) is 0.423. The van der Waals surface area contributed by atoms with Crippen molar-refractivity contribution >= 4 is 48.2 Å². The smallest absolute Gasteiger partial charge is 0.335 e. The predicted octanol–water partition coefficient (Wildman–Crippen LogP) is 1.33. The second kappa shape index (κ2) is 18.4. The normalized spacial score (nSPS) is 12.4. The topological polar surface area (TPSA) is 261 Å². The molecule has 0 saturated heterocycles. The van der Waals surface area contributed by atoms with Crippen LogP contribution in [0.25, 0.3) is 0 Å². The molecule has 0 aliphatic heterocycles. The van der Waals surface area contributed by atoms with Gasteiger partial charge in [-0.3, -0.25) is 24.0 Å². The number of benzene rings is 1. The number of alkyl halides is 1. The molecule has 1 aromatic rings. The van der Waals surface area contributed by atoms with Crippen LogP contribution in [0.2, 0.25) is 0 Å². The van der Waals surface area contributed by atoms with Gasteiger partial charge in [0.2, 0.25) is 0 Å². The highest BCUT2D eigenvalue weighted by Crippen LogP contribution is 2.20. The van der Waals surface area contributed by atoms with E-state index in [0.29, 0.717) is 5.70 Å². The molecule has 2 atom stereocenters. The van der Waals surface area contributed by atoms with Crippen molar-refractivity contribution in [3.8, 4) is 0 Å². The van der Waals surface area contributed by atoms with Crippen LogP contribution in [-0.2, 0) is 14.4 Å². The Kier molecular flexibility index (Phi) is 15.4.